The average Bonchev–Trinajstić information content (AvgIpc) is 2.36. The fourth-order valence-corrected chi connectivity index (χ4v) is 1.62. The zero-order valence-electron chi connectivity index (χ0n) is 9.92. The molecule has 6 N–H and O–H groups in total. The first-order valence-electron chi connectivity index (χ1n) is 5.19. The second-order valence-electron chi connectivity index (χ2n) is 3.37. The van der Waals surface area contributed by atoms with Gasteiger partial charge in [0.2, 0.25) is 5.91 Å². The predicted octanol–water partition coefficient (Wildman–Crippen LogP) is -0.116. The molecule has 0 atom stereocenters. The molecule has 1 aromatic rings. The van der Waals surface area contributed by atoms with Gasteiger partial charge in [-0.05, 0) is 12.1 Å². The monoisotopic (exact) mass is 279 g/mol. The standard InChI is InChI=1S/C11H13N5O2S/c12-10(13)16-11(14)19-6-8(17)15-9(18)7-4-2-1-3-5-7/h1-5H,6H2,(H,15,17,18)(H5,12,13,14,16). The van der Waals surface area contributed by atoms with Gasteiger partial charge in [-0.25, -0.2) is 0 Å². The molecular formula is C11H13N5O2S. The van der Waals surface area contributed by atoms with E-state index in [1.54, 1.807) is 30.3 Å². The number of rotatable bonds is 3. The fourth-order valence-electron chi connectivity index (χ4n) is 1.11. The topological polar surface area (TPSA) is 134 Å². The van der Waals surface area contributed by atoms with Crippen molar-refractivity contribution >= 4 is 34.7 Å². The first-order valence-corrected chi connectivity index (χ1v) is 6.18. The minimum atomic E-state index is -0.519. The predicted molar refractivity (Wildman–Crippen MR) is 74.9 cm³/mol. The van der Waals surface area contributed by atoms with Crippen LogP contribution in [0.1, 0.15) is 10.4 Å². The zero-order chi connectivity index (χ0) is 14.3. The largest absolute Gasteiger partial charge is 0.370 e. The van der Waals surface area contributed by atoms with E-state index in [9.17, 15) is 9.59 Å². The highest BCUT2D eigenvalue weighted by atomic mass is 32.2. The van der Waals surface area contributed by atoms with Gasteiger partial charge in [0, 0.05) is 5.56 Å². The highest BCUT2D eigenvalue weighted by molar-refractivity contribution is 8.14. The molecule has 0 saturated heterocycles. The molecule has 0 aliphatic heterocycles. The van der Waals surface area contributed by atoms with E-state index in [1.165, 1.54) is 0 Å². The van der Waals surface area contributed by atoms with Gasteiger partial charge in [-0.1, -0.05) is 30.0 Å². The van der Waals surface area contributed by atoms with E-state index >= 15 is 0 Å². The molecule has 1 aromatic carbocycles. The van der Waals surface area contributed by atoms with Crippen LogP contribution in [0.5, 0.6) is 0 Å². The molecule has 0 radical (unpaired) electrons. The molecule has 0 fully saturated rings. The molecule has 0 aliphatic carbocycles. The Hall–Kier alpha value is -2.35. The number of hydrogen-bond donors (Lipinski definition) is 4. The van der Waals surface area contributed by atoms with Crippen molar-refractivity contribution in [3.8, 4) is 0 Å². The number of thioether (sulfide) groups is 1. The summed E-state index contributed by atoms with van der Waals surface area (Å²) in [5.41, 5.74) is 10.5. The summed E-state index contributed by atoms with van der Waals surface area (Å²) in [5.74, 6) is -1.37. The molecule has 19 heavy (non-hydrogen) atoms. The Labute approximate surface area is 114 Å². The summed E-state index contributed by atoms with van der Waals surface area (Å²) < 4.78 is 0. The zero-order valence-corrected chi connectivity index (χ0v) is 10.7. The molecule has 1 rings (SSSR count). The maximum atomic E-state index is 11.6. The summed E-state index contributed by atoms with van der Waals surface area (Å²) in [4.78, 5) is 26.5. The van der Waals surface area contributed by atoms with Crippen molar-refractivity contribution in [1.29, 1.82) is 5.41 Å². The lowest BCUT2D eigenvalue weighted by Gasteiger charge is -2.03. The van der Waals surface area contributed by atoms with Gasteiger partial charge in [0.25, 0.3) is 5.91 Å². The van der Waals surface area contributed by atoms with Crippen LogP contribution in [0.15, 0.2) is 35.3 Å². The summed E-state index contributed by atoms with van der Waals surface area (Å²) >= 11 is 0.822. The van der Waals surface area contributed by atoms with Crippen molar-refractivity contribution in [1.82, 2.24) is 5.32 Å². The van der Waals surface area contributed by atoms with Gasteiger partial charge in [-0.3, -0.25) is 20.3 Å². The van der Waals surface area contributed by atoms with Crippen molar-refractivity contribution in [3.05, 3.63) is 35.9 Å². The Kier molecular flexibility index (Phi) is 5.55. The van der Waals surface area contributed by atoms with E-state index in [2.05, 4.69) is 10.3 Å². The lowest BCUT2D eigenvalue weighted by molar-refractivity contribution is -0.117. The third kappa shape index (κ3) is 5.68. The number of benzene rings is 1. The highest BCUT2D eigenvalue weighted by Crippen LogP contribution is 2.03. The van der Waals surface area contributed by atoms with Gasteiger partial charge in [0.1, 0.15) is 0 Å². The van der Waals surface area contributed by atoms with Crippen molar-refractivity contribution in [2.24, 2.45) is 16.5 Å². The molecule has 8 heteroatoms. The van der Waals surface area contributed by atoms with Crippen LogP contribution < -0.4 is 16.8 Å². The third-order valence-electron chi connectivity index (χ3n) is 1.86. The van der Waals surface area contributed by atoms with Crippen LogP contribution in [0.3, 0.4) is 0 Å². The molecule has 100 valence electrons. The van der Waals surface area contributed by atoms with E-state index in [-0.39, 0.29) is 16.9 Å². The first kappa shape index (κ1) is 14.7. The number of imide groups is 1. The molecule has 0 spiro atoms. The number of nitrogens with one attached hydrogen (secondary N) is 2. The second kappa shape index (κ2) is 7.17. The van der Waals surface area contributed by atoms with E-state index in [1.807, 2.05) is 0 Å². The Morgan fingerprint density at radius 3 is 2.47 bits per heavy atom. The first-order chi connectivity index (χ1) is 8.99. The summed E-state index contributed by atoms with van der Waals surface area (Å²) in [6, 6.07) is 8.35. The van der Waals surface area contributed by atoms with Crippen LogP contribution in [0.25, 0.3) is 0 Å². The normalized spacial score (nSPS) is 9.47. The molecule has 0 saturated carbocycles. The van der Waals surface area contributed by atoms with Crippen LogP contribution in [-0.4, -0.2) is 28.7 Å². The number of amides is 2. The average molecular weight is 279 g/mol. The SMILES string of the molecule is N=C(N=C(N)N)SCC(=O)NC(=O)c1ccccc1. The number of amidine groups is 1. The molecule has 0 bridgehead atoms. The molecule has 0 heterocycles. The quantitative estimate of drug-likeness (QED) is 0.452. The number of aliphatic imine (C=N–C) groups is 1. The Morgan fingerprint density at radius 2 is 1.89 bits per heavy atom. The highest BCUT2D eigenvalue weighted by Gasteiger charge is 2.10. The Morgan fingerprint density at radius 1 is 1.26 bits per heavy atom. The Bertz CT molecular complexity index is 511. The summed E-state index contributed by atoms with van der Waals surface area (Å²) in [6.45, 7) is 0. The maximum Gasteiger partial charge on any atom is 0.257 e. The second-order valence-corrected chi connectivity index (χ2v) is 4.34. The molecular weight excluding hydrogens is 266 g/mol. The summed E-state index contributed by atoms with van der Waals surface area (Å²) in [5, 5.41) is 9.32. The van der Waals surface area contributed by atoms with Crippen LogP contribution in [0.2, 0.25) is 0 Å². The van der Waals surface area contributed by atoms with Gasteiger partial charge in [0.05, 0.1) is 5.75 Å². The van der Waals surface area contributed by atoms with Crippen LogP contribution in [-0.2, 0) is 4.79 Å². The smallest absolute Gasteiger partial charge is 0.257 e. The van der Waals surface area contributed by atoms with E-state index in [0.717, 1.165) is 11.8 Å². The van der Waals surface area contributed by atoms with Gasteiger partial charge < -0.3 is 11.5 Å². The van der Waals surface area contributed by atoms with E-state index < -0.39 is 11.8 Å². The molecule has 0 aliphatic rings. The maximum absolute atomic E-state index is 11.6. The van der Waals surface area contributed by atoms with Gasteiger partial charge in [0.15, 0.2) is 11.1 Å². The van der Waals surface area contributed by atoms with Crippen LogP contribution >= 0.6 is 11.8 Å². The summed E-state index contributed by atoms with van der Waals surface area (Å²) in [6.07, 6.45) is 0. The molecule has 2 amide bonds. The number of carbonyl (C=O) groups excluding carboxylic acids is 2. The number of nitrogens with two attached hydrogens (primary N) is 2. The van der Waals surface area contributed by atoms with Gasteiger partial charge in [-0.15, -0.1) is 0 Å². The Balaban J connectivity index is 2.42. The lowest BCUT2D eigenvalue weighted by atomic mass is 10.2. The van der Waals surface area contributed by atoms with Crippen molar-refractivity contribution in [2.45, 2.75) is 0 Å². The van der Waals surface area contributed by atoms with Crippen LogP contribution in [0.4, 0.5) is 0 Å². The number of carbonyl (C=O) groups is 2. The lowest BCUT2D eigenvalue weighted by Crippen LogP contribution is -2.32. The van der Waals surface area contributed by atoms with Crippen molar-refractivity contribution < 1.29 is 9.59 Å². The number of hydrogen-bond acceptors (Lipinski definition) is 4. The van der Waals surface area contributed by atoms with Gasteiger partial charge >= 0.3 is 0 Å². The number of nitrogens with zero attached hydrogens (tertiary/aromatic N) is 1. The van der Waals surface area contributed by atoms with Crippen LogP contribution in [0, 0.1) is 5.41 Å². The summed E-state index contributed by atoms with van der Waals surface area (Å²) in [7, 11) is 0. The molecule has 0 aromatic heterocycles. The minimum absolute atomic E-state index is 0.117. The van der Waals surface area contributed by atoms with Crippen molar-refractivity contribution in [2.75, 3.05) is 5.75 Å². The molecule has 7 nitrogen and oxygen atoms in total. The van der Waals surface area contributed by atoms with Gasteiger partial charge in [-0.2, -0.15) is 4.99 Å². The third-order valence-corrected chi connectivity index (χ3v) is 2.63. The number of guanidine groups is 1. The fraction of sp³-hybridized carbons (Fsp3) is 0.0909. The van der Waals surface area contributed by atoms with E-state index in [4.69, 9.17) is 16.9 Å². The molecule has 0 unspecified atom stereocenters. The van der Waals surface area contributed by atoms with Crippen molar-refractivity contribution in [3.63, 3.8) is 0 Å². The minimum Gasteiger partial charge on any atom is -0.370 e. The van der Waals surface area contributed by atoms with E-state index in [0.29, 0.717) is 5.56 Å².